The van der Waals surface area contributed by atoms with Crippen LogP contribution in [0.15, 0.2) is 41.4 Å². The maximum absolute atomic E-state index is 12.9. The number of halogens is 1. The van der Waals surface area contributed by atoms with Crippen LogP contribution < -0.4 is 20.9 Å². The molecule has 4 rings (SSSR count). The molecule has 1 aromatic carbocycles. The summed E-state index contributed by atoms with van der Waals surface area (Å²) in [6.07, 6.45) is 11.0. The molecule has 2 aliphatic rings. The van der Waals surface area contributed by atoms with Crippen molar-refractivity contribution >= 4 is 50.5 Å². The summed E-state index contributed by atoms with van der Waals surface area (Å²) in [6.45, 7) is 6.62. The SMILES string of the molecule is CCCC1CCC(c2ccc(N(Nc3ncc(S(=O)(=O)NCC4CCCN4CC)cc3Cl)C(N)=S)cc2)CC1. The number of hydrazine groups is 1. The molecule has 8 nitrogen and oxygen atoms in total. The van der Waals surface area contributed by atoms with Gasteiger partial charge in [0.2, 0.25) is 10.0 Å². The van der Waals surface area contributed by atoms with E-state index in [0.717, 1.165) is 37.5 Å². The van der Waals surface area contributed by atoms with Gasteiger partial charge < -0.3 is 5.73 Å². The smallest absolute Gasteiger partial charge is 0.242 e. The third kappa shape index (κ3) is 7.61. The van der Waals surface area contributed by atoms with E-state index in [4.69, 9.17) is 29.6 Å². The van der Waals surface area contributed by atoms with Crippen LogP contribution in [0.2, 0.25) is 5.02 Å². The molecule has 4 N–H and O–H groups in total. The zero-order valence-corrected chi connectivity index (χ0v) is 25.3. The lowest BCUT2D eigenvalue weighted by molar-refractivity contribution is 0.268. The summed E-state index contributed by atoms with van der Waals surface area (Å²) in [7, 11) is -3.75. The summed E-state index contributed by atoms with van der Waals surface area (Å²) in [5.74, 6) is 1.71. The second-order valence-electron chi connectivity index (χ2n) is 10.7. The number of likely N-dealkylation sites (N-methyl/N-ethyl adjacent to an activating group) is 1. The molecule has 1 aliphatic heterocycles. The molecule has 0 amide bonds. The molecule has 1 saturated carbocycles. The molecule has 0 radical (unpaired) electrons. The fourth-order valence-electron chi connectivity index (χ4n) is 5.92. The molecular formula is C28H41ClN6O2S2. The predicted molar refractivity (Wildman–Crippen MR) is 164 cm³/mol. The molecule has 2 fully saturated rings. The Kier molecular flexibility index (Phi) is 10.4. The van der Waals surface area contributed by atoms with Gasteiger partial charge >= 0.3 is 0 Å². The normalized spacial score (nSPS) is 22.1. The summed E-state index contributed by atoms with van der Waals surface area (Å²) in [5, 5.41) is 1.77. The van der Waals surface area contributed by atoms with E-state index in [0.29, 0.717) is 12.5 Å². The van der Waals surface area contributed by atoms with E-state index >= 15 is 0 Å². The molecule has 1 unspecified atom stereocenters. The molecular weight excluding hydrogens is 552 g/mol. The second-order valence-corrected chi connectivity index (χ2v) is 13.3. The average Bonchev–Trinajstić information content (AvgIpc) is 3.40. The first-order valence-electron chi connectivity index (χ1n) is 14.1. The van der Waals surface area contributed by atoms with Crippen LogP contribution in [0.3, 0.4) is 0 Å². The zero-order chi connectivity index (χ0) is 28.0. The van der Waals surface area contributed by atoms with Gasteiger partial charge in [-0.3, -0.25) is 10.3 Å². The Bertz CT molecular complexity index is 1220. The van der Waals surface area contributed by atoms with Crippen LogP contribution in [0, 0.1) is 5.92 Å². The van der Waals surface area contributed by atoms with Crippen LogP contribution in [0.5, 0.6) is 0 Å². The van der Waals surface area contributed by atoms with Crippen LogP contribution in [-0.4, -0.2) is 49.1 Å². The van der Waals surface area contributed by atoms with Gasteiger partial charge in [0, 0.05) is 18.8 Å². The number of pyridine rings is 1. The number of nitrogens with one attached hydrogen (secondary N) is 2. The van der Waals surface area contributed by atoms with E-state index in [-0.39, 0.29) is 26.9 Å². The number of hydrogen-bond acceptors (Lipinski definition) is 6. The third-order valence-corrected chi connectivity index (χ3v) is 10.0. The highest BCUT2D eigenvalue weighted by molar-refractivity contribution is 7.89. The van der Waals surface area contributed by atoms with Crippen molar-refractivity contribution in [3.63, 3.8) is 0 Å². The Morgan fingerprint density at radius 2 is 1.90 bits per heavy atom. The molecule has 1 aliphatic carbocycles. The van der Waals surface area contributed by atoms with Crippen molar-refractivity contribution in [3.8, 4) is 0 Å². The fraction of sp³-hybridized carbons (Fsp3) is 0.571. The van der Waals surface area contributed by atoms with Gasteiger partial charge in [0.05, 0.1) is 10.7 Å². The molecule has 2 heterocycles. The number of anilines is 2. The van der Waals surface area contributed by atoms with E-state index in [1.165, 1.54) is 61.4 Å². The highest BCUT2D eigenvalue weighted by Crippen LogP contribution is 2.38. The predicted octanol–water partition coefficient (Wildman–Crippen LogP) is 5.65. The molecule has 1 aromatic heterocycles. The van der Waals surface area contributed by atoms with E-state index in [1.807, 2.05) is 12.1 Å². The quantitative estimate of drug-likeness (QED) is 0.227. The fourth-order valence-corrected chi connectivity index (χ4v) is 7.39. The number of benzene rings is 1. The van der Waals surface area contributed by atoms with E-state index < -0.39 is 10.0 Å². The number of rotatable bonds is 11. The Morgan fingerprint density at radius 3 is 2.51 bits per heavy atom. The lowest BCUT2D eigenvalue weighted by Gasteiger charge is -2.29. The molecule has 2 aromatic rings. The van der Waals surface area contributed by atoms with E-state index in [1.54, 1.807) is 0 Å². The molecule has 0 spiro atoms. The molecule has 1 atom stereocenters. The van der Waals surface area contributed by atoms with Gasteiger partial charge in [-0.15, -0.1) is 0 Å². The van der Waals surface area contributed by atoms with Crippen molar-refractivity contribution in [3.05, 3.63) is 47.1 Å². The highest BCUT2D eigenvalue weighted by Gasteiger charge is 2.26. The largest absolute Gasteiger partial charge is 0.374 e. The van der Waals surface area contributed by atoms with Gasteiger partial charge in [0.1, 0.15) is 4.90 Å². The van der Waals surface area contributed by atoms with Crippen molar-refractivity contribution in [2.24, 2.45) is 11.7 Å². The monoisotopic (exact) mass is 592 g/mol. The number of nitrogens with zero attached hydrogens (tertiary/aromatic N) is 3. The number of likely N-dealkylation sites (tertiary alicyclic amines) is 1. The number of aromatic nitrogens is 1. The summed E-state index contributed by atoms with van der Waals surface area (Å²) in [4.78, 5) is 6.59. The Morgan fingerprint density at radius 1 is 1.18 bits per heavy atom. The summed E-state index contributed by atoms with van der Waals surface area (Å²) < 4.78 is 28.5. The summed E-state index contributed by atoms with van der Waals surface area (Å²) in [6, 6.07) is 9.83. The molecule has 11 heteroatoms. The first kappa shape index (κ1) is 30.0. The number of hydrogen-bond donors (Lipinski definition) is 3. The first-order chi connectivity index (χ1) is 18.7. The van der Waals surface area contributed by atoms with Gasteiger partial charge in [-0.1, -0.05) is 50.4 Å². The minimum Gasteiger partial charge on any atom is -0.374 e. The first-order valence-corrected chi connectivity index (χ1v) is 16.3. The second kappa shape index (κ2) is 13.6. The van der Waals surface area contributed by atoms with Gasteiger partial charge in [-0.2, -0.15) is 0 Å². The number of sulfonamides is 1. The minimum absolute atomic E-state index is 0.0129. The van der Waals surface area contributed by atoms with Crippen LogP contribution in [-0.2, 0) is 10.0 Å². The van der Waals surface area contributed by atoms with Crippen molar-refractivity contribution < 1.29 is 8.42 Å². The van der Waals surface area contributed by atoms with Crippen LogP contribution in [0.1, 0.15) is 76.7 Å². The van der Waals surface area contributed by atoms with Crippen LogP contribution in [0.4, 0.5) is 11.5 Å². The summed E-state index contributed by atoms with van der Waals surface area (Å²) >= 11 is 11.8. The van der Waals surface area contributed by atoms with Gasteiger partial charge in [0.15, 0.2) is 10.9 Å². The van der Waals surface area contributed by atoms with Gasteiger partial charge in [-0.25, -0.2) is 23.1 Å². The Labute approximate surface area is 243 Å². The molecule has 1 saturated heterocycles. The van der Waals surface area contributed by atoms with Crippen molar-refractivity contribution in [2.45, 2.75) is 82.1 Å². The van der Waals surface area contributed by atoms with Crippen LogP contribution >= 0.6 is 23.8 Å². The lowest BCUT2D eigenvalue weighted by Crippen LogP contribution is -2.41. The zero-order valence-electron chi connectivity index (χ0n) is 22.9. The number of thiocarbonyl (C=S) groups is 1. The van der Waals surface area contributed by atoms with Gasteiger partial charge in [-0.05, 0) is 99.4 Å². The van der Waals surface area contributed by atoms with Crippen molar-refractivity contribution in [1.82, 2.24) is 14.6 Å². The maximum Gasteiger partial charge on any atom is 0.242 e. The van der Waals surface area contributed by atoms with E-state index in [9.17, 15) is 8.42 Å². The minimum atomic E-state index is -3.75. The Balaban J connectivity index is 1.41. The third-order valence-electron chi connectivity index (χ3n) is 8.15. The molecule has 39 heavy (non-hydrogen) atoms. The van der Waals surface area contributed by atoms with Gasteiger partial charge in [0.25, 0.3) is 0 Å². The Hall–Kier alpha value is -1.98. The van der Waals surface area contributed by atoms with Crippen molar-refractivity contribution in [2.75, 3.05) is 30.1 Å². The standard InChI is InChI=1S/C28H41ClN6O2S2/c1-3-6-20-8-10-21(11-9-20)22-12-14-23(15-13-22)35(28(30)38)33-27-26(29)17-25(19-31-27)39(36,37)32-18-24-7-5-16-34(24)4-2/h12-15,17,19-21,24,32H,3-11,16,18H2,1-2H3,(H2,30,38)(H,31,33). The lowest BCUT2D eigenvalue weighted by atomic mass is 9.77. The summed E-state index contributed by atoms with van der Waals surface area (Å²) in [5.41, 5.74) is 11.2. The van der Waals surface area contributed by atoms with E-state index in [2.05, 4.69) is 46.0 Å². The topological polar surface area (TPSA) is 104 Å². The maximum atomic E-state index is 12.9. The average molecular weight is 593 g/mol. The number of nitrogens with two attached hydrogens (primary N) is 1. The van der Waals surface area contributed by atoms with Crippen LogP contribution in [0.25, 0.3) is 0 Å². The molecule has 0 bridgehead atoms. The molecule has 214 valence electrons. The highest BCUT2D eigenvalue weighted by atomic mass is 35.5. The van der Waals surface area contributed by atoms with Crippen molar-refractivity contribution in [1.29, 1.82) is 0 Å².